The Morgan fingerprint density at radius 2 is 2.00 bits per heavy atom. The van der Waals surface area contributed by atoms with Gasteiger partial charge in [0, 0.05) is 28.2 Å². The lowest BCUT2D eigenvalue weighted by atomic mass is 9.80. The van der Waals surface area contributed by atoms with E-state index >= 15 is 0 Å². The fourth-order valence-electron chi connectivity index (χ4n) is 2.03. The molecule has 0 unspecified atom stereocenters. The predicted molar refractivity (Wildman–Crippen MR) is 73.9 cm³/mol. The maximum absolute atomic E-state index is 6.13. The number of halogens is 2. The van der Waals surface area contributed by atoms with Crippen LogP contribution >= 0.6 is 34.5 Å². The Labute approximate surface area is 112 Å². The second-order valence-electron chi connectivity index (χ2n) is 4.89. The minimum absolute atomic E-state index is 0.0241. The van der Waals surface area contributed by atoms with Gasteiger partial charge in [-0.05, 0) is 25.7 Å². The number of aromatic nitrogens is 1. The summed E-state index contributed by atoms with van der Waals surface area (Å²) in [6.45, 7) is 6.46. The molecule has 0 aliphatic rings. The zero-order chi connectivity index (χ0) is 12.2. The maximum Gasteiger partial charge on any atom is 0.0896 e. The Morgan fingerprint density at radius 1 is 1.38 bits per heavy atom. The first-order chi connectivity index (χ1) is 7.51. The van der Waals surface area contributed by atoms with E-state index in [0.717, 1.165) is 17.8 Å². The average Bonchev–Trinajstić information content (AvgIpc) is 2.62. The number of aryl methyl sites for hydroxylation is 1. The normalized spacial score (nSPS) is 12.4. The van der Waals surface area contributed by atoms with Crippen molar-refractivity contribution in [1.29, 1.82) is 0 Å². The molecule has 0 amide bonds. The Hall–Kier alpha value is 0.210. The molecule has 1 nitrogen and oxygen atoms in total. The van der Waals surface area contributed by atoms with Crippen LogP contribution in [0.3, 0.4) is 0 Å². The third-order valence-corrected chi connectivity index (χ3v) is 4.67. The molecule has 0 spiro atoms. The number of hydrogen-bond donors (Lipinski definition) is 0. The largest absolute Gasteiger partial charge is 0.250 e. The van der Waals surface area contributed by atoms with Gasteiger partial charge < -0.3 is 0 Å². The third-order valence-electron chi connectivity index (χ3n) is 2.63. The monoisotopic (exact) mass is 279 g/mol. The molecule has 0 aromatic carbocycles. The molecule has 0 aliphatic carbocycles. The van der Waals surface area contributed by atoms with Crippen molar-refractivity contribution in [1.82, 2.24) is 4.98 Å². The van der Waals surface area contributed by atoms with Gasteiger partial charge in [-0.25, -0.2) is 4.98 Å². The van der Waals surface area contributed by atoms with Crippen LogP contribution in [-0.4, -0.2) is 16.7 Å². The van der Waals surface area contributed by atoms with E-state index in [4.69, 9.17) is 23.2 Å². The molecule has 92 valence electrons. The molecule has 1 heterocycles. The molecule has 0 aliphatic heterocycles. The van der Waals surface area contributed by atoms with E-state index in [1.54, 1.807) is 11.3 Å². The van der Waals surface area contributed by atoms with E-state index < -0.39 is 0 Å². The Kier molecular flexibility index (Phi) is 5.55. The topological polar surface area (TPSA) is 12.9 Å². The number of rotatable bonds is 6. The Balaban J connectivity index is 2.77. The fourth-order valence-corrected chi connectivity index (χ4v) is 3.70. The van der Waals surface area contributed by atoms with Gasteiger partial charge >= 0.3 is 0 Å². The smallest absolute Gasteiger partial charge is 0.0896 e. The van der Waals surface area contributed by atoms with Crippen molar-refractivity contribution in [2.24, 2.45) is 11.3 Å². The first-order valence-electron chi connectivity index (χ1n) is 5.54. The molecule has 4 heteroatoms. The van der Waals surface area contributed by atoms with Crippen LogP contribution in [0.25, 0.3) is 0 Å². The Bertz CT molecular complexity index is 319. The van der Waals surface area contributed by atoms with Crippen molar-refractivity contribution in [2.45, 2.75) is 33.6 Å². The van der Waals surface area contributed by atoms with Gasteiger partial charge in [0.25, 0.3) is 0 Å². The van der Waals surface area contributed by atoms with Crippen LogP contribution in [0.4, 0.5) is 0 Å². The molecular weight excluding hydrogens is 261 g/mol. The first-order valence-corrected chi connectivity index (χ1v) is 7.43. The SMILES string of the molecule is Cc1ncc(CC(CCl)(CCl)CC(C)C)s1. The van der Waals surface area contributed by atoms with Gasteiger partial charge in [-0.3, -0.25) is 0 Å². The summed E-state index contributed by atoms with van der Waals surface area (Å²) in [4.78, 5) is 5.57. The van der Waals surface area contributed by atoms with E-state index in [1.807, 2.05) is 13.1 Å². The minimum Gasteiger partial charge on any atom is -0.250 e. The van der Waals surface area contributed by atoms with Crippen molar-refractivity contribution < 1.29 is 0 Å². The zero-order valence-electron chi connectivity index (χ0n) is 10.1. The molecule has 0 atom stereocenters. The summed E-state index contributed by atoms with van der Waals surface area (Å²) < 4.78 is 0. The van der Waals surface area contributed by atoms with Gasteiger partial charge in [-0.2, -0.15) is 0 Å². The lowest BCUT2D eigenvalue weighted by molar-refractivity contribution is 0.297. The quantitative estimate of drug-likeness (QED) is 0.699. The van der Waals surface area contributed by atoms with E-state index in [2.05, 4.69) is 18.8 Å². The van der Waals surface area contributed by atoms with Crippen molar-refractivity contribution >= 4 is 34.5 Å². The van der Waals surface area contributed by atoms with Crippen LogP contribution in [0.15, 0.2) is 6.20 Å². The van der Waals surface area contributed by atoms with Crippen LogP contribution < -0.4 is 0 Å². The lowest BCUT2D eigenvalue weighted by Crippen LogP contribution is -2.29. The molecule has 1 aromatic rings. The summed E-state index contributed by atoms with van der Waals surface area (Å²) in [5.74, 6) is 1.85. The van der Waals surface area contributed by atoms with E-state index in [-0.39, 0.29) is 5.41 Å². The van der Waals surface area contributed by atoms with E-state index in [0.29, 0.717) is 17.7 Å². The fraction of sp³-hybridized carbons (Fsp3) is 0.750. The van der Waals surface area contributed by atoms with Crippen LogP contribution in [0, 0.1) is 18.3 Å². The first kappa shape index (κ1) is 14.3. The van der Waals surface area contributed by atoms with Gasteiger partial charge in [-0.1, -0.05) is 13.8 Å². The summed E-state index contributed by atoms with van der Waals surface area (Å²) >= 11 is 14.0. The van der Waals surface area contributed by atoms with Crippen molar-refractivity contribution in [3.63, 3.8) is 0 Å². The van der Waals surface area contributed by atoms with Gasteiger partial charge in [-0.15, -0.1) is 34.5 Å². The van der Waals surface area contributed by atoms with Gasteiger partial charge in [0.1, 0.15) is 0 Å². The van der Waals surface area contributed by atoms with Gasteiger partial charge in [0.15, 0.2) is 0 Å². The summed E-state index contributed by atoms with van der Waals surface area (Å²) in [6, 6.07) is 0. The van der Waals surface area contributed by atoms with Crippen molar-refractivity contribution in [3.05, 3.63) is 16.1 Å². The number of nitrogens with zero attached hydrogens (tertiary/aromatic N) is 1. The molecule has 16 heavy (non-hydrogen) atoms. The number of alkyl halides is 2. The molecule has 1 rings (SSSR count). The van der Waals surface area contributed by atoms with Crippen LogP contribution in [-0.2, 0) is 6.42 Å². The highest BCUT2D eigenvalue weighted by atomic mass is 35.5. The average molecular weight is 280 g/mol. The van der Waals surface area contributed by atoms with Gasteiger partial charge in [0.05, 0.1) is 5.01 Å². The maximum atomic E-state index is 6.13. The molecule has 0 saturated heterocycles. The predicted octanol–water partition coefficient (Wildman–Crippen LogP) is 4.50. The van der Waals surface area contributed by atoms with Crippen LogP contribution in [0.2, 0.25) is 0 Å². The highest BCUT2D eigenvalue weighted by Crippen LogP contribution is 2.35. The summed E-state index contributed by atoms with van der Waals surface area (Å²) in [5.41, 5.74) is 0.0241. The lowest BCUT2D eigenvalue weighted by Gasteiger charge is -2.30. The van der Waals surface area contributed by atoms with Crippen molar-refractivity contribution in [2.75, 3.05) is 11.8 Å². The molecule has 0 radical (unpaired) electrons. The Morgan fingerprint density at radius 3 is 2.38 bits per heavy atom. The number of thiazole rings is 1. The van der Waals surface area contributed by atoms with E-state index in [1.165, 1.54) is 4.88 Å². The summed E-state index contributed by atoms with van der Waals surface area (Å²) in [5, 5.41) is 1.11. The summed E-state index contributed by atoms with van der Waals surface area (Å²) in [7, 11) is 0. The molecule has 0 bridgehead atoms. The molecule has 0 saturated carbocycles. The summed E-state index contributed by atoms with van der Waals surface area (Å²) in [6.07, 6.45) is 3.97. The van der Waals surface area contributed by atoms with Crippen LogP contribution in [0.1, 0.15) is 30.2 Å². The highest BCUT2D eigenvalue weighted by Gasteiger charge is 2.30. The minimum atomic E-state index is 0.0241. The third kappa shape index (κ3) is 3.90. The zero-order valence-corrected chi connectivity index (χ0v) is 12.4. The highest BCUT2D eigenvalue weighted by molar-refractivity contribution is 7.11. The molecule has 0 N–H and O–H groups in total. The standard InChI is InChI=1S/C12H19Cl2NS/c1-9(2)4-12(7-13,8-14)5-11-6-15-10(3)16-11/h6,9H,4-5,7-8H2,1-3H3. The molecule has 0 fully saturated rings. The molecule has 1 aromatic heterocycles. The van der Waals surface area contributed by atoms with E-state index in [9.17, 15) is 0 Å². The van der Waals surface area contributed by atoms with Gasteiger partial charge in [0.2, 0.25) is 0 Å². The second-order valence-corrected chi connectivity index (χ2v) is 6.74. The second kappa shape index (κ2) is 6.23. The van der Waals surface area contributed by atoms with Crippen LogP contribution in [0.5, 0.6) is 0 Å². The van der Waals surface area contributed by atoms with Crippen molar-refractivity contribution in [3.8, 4) is 0 Å². The number of hydrogen-bond acceptors (Lipinski definition) is 2. The molecular formula is C12H19Cl2NS.